The van der Waals surface area contributed by atoms with Crippen molar-refractivity contribution < 1.29 is 4.79 Å². The molecule has 2 aromatic carbocycles. The molecular weight excluding hydrogens is 288 g/mol. The molecule has 90 valence electrons. The normalized spacial score (nSPS) is 10.7. The summed E-state index contributed by atoms with van der Waals surface area (Å²) in [5, 5.41) is 0. The second kappa shape index (κ2) is 6.31. The van der Waals surface area contributed by atoms with Crippen LogP contribution in [-0.4, -0.2) is 5.78 Å². The Balaban J connectivity index is 1.96. The van der Waals surface area contributed by atoms with Gasteiger partial charge in [0.1, 0.15) is 0 Å². The predicted molar refractivity (Wildman–Crippen MR) is 78.6 cm³/mol. The molecule has 0 unspecified atom stereocenters. The second-order valence-corrected chi connectivity index (χ2v) is 4.86. The Hall–Kier alpha value is -1.67. The van der Waals surface area contributed by atoms with Crippen LogP contribution in [0.3, 0.4) is 0 Å². The highest BCUT2D eigenvalue weighted by Crippen LogP contribution is 2.12. The van der Waals surface area contributed by atoms with Crippen molar-refractivity contribution in [2.45, 2.75) is 6.42 Å². The van der Waals surface area contributed by atoms with Gasteiger partial charge in [-0.3, -0.25) is 4.79 Å². The number of benzene rings is 2. The third-order valence-electron chi connectivity index (χ3n) is 2.58. The minimum absolute atomic E-state index is 0.134. The molecule has 0 heterocycles. The van der Waals surface area contributed by atoms with E-state index in [9.17, 15) is 4.79 Å². The van der Waals surface area contributed by atoms with Gasteiger partial charge in [-0.05, 0) is 17.7 Å². The Morgan fingerprint density at radius 1 is 1.00 bits per heavy atom. The molecule has 2 heteroatoms. The average Bonchev–Trinajstić information content (AvgIpc) is 2.40. The van der Waals surface area contributed by atoms with Gasteiger partial charge in [0.05, 0.1) is 0 Å². The first kappa shape index (κ1) is 12.8. The van der Waals surface area contributed by atoms with Crippen molar-refractivity contribution in [2.24, 2.45) is 0 Å². The van der Waals surface area contributed by atoms with Crippen LogP contribution in [0, 0.1) is 0 Å². The van der Waals surface area contributed by atoms with Gasteiger partial charge in [0.15, 0.2) is 5.78 Å². The van der Waals surface area contributed by atoms with Gasteiger partial charge < -0.3 is 0 Å². The Labute approximate surface area is 115 Å². The van der Waals surface area contributed by atoms with Crippen molar-refractivity contribution in [3.05, 3.63) is 76.3 Å². The standard InChI is InChI=1S/C16H13BrO/c17-15-11-9-14(10-12-15)16(18)8-4-7-13-5-2-1-3-6-13/h1-7,9-12H,8H2/b7-4+. The number of halogens is 1. The number of allylic oxidation sites excluding steroid dienone is 1. The Kier molecular flexibility index (Phi) is 4.48. The maximum atomic E-state index is 11.9. The van der Waals surface area contributed by atoms with Crippen molar-refractivity contribution in [1.82, 2.24) is 0 Å². The number of carbonyl (C=O) groups excluding carboxylic acids is 1. The molecule has 0 aromatic heterocycles. The summed E-state index contributed by atoms with van der Waals surface area (Å²) in [6.45, 7) is 0. The molecule has 0 aliphatic heterocycles. The summed E-state index contributed by atoms with van der Waals surface area (Å²) < 4.78 is 0.985. The number of hydrogen-bond donors (Lipinski definition) is 0. The number of rotatable bonds is 4. The molecule has 0 N–H and O–H groups in total. The summed E-state index contributed by atoms with van der Waals surface area (Å²) in [4.78, 5) is 11.9. The molecule has 0 spiro atoms. The molecule has 0 fully saturated rings. The van der Waals surface area contributed by atoms with Crippen molar-refractivity contribution >= 4 is 27.8 Å². The highest BCUT2D eigenvalue weighted by molar-refractivity contribution is 9.10. The molecule has 18 heavy (non-hydrogen) atoms. The maximum Gasteiger partial charge on any atom is 0.166 e. The zero-order valence-corrected chi connectivity index (χ0v) is 11.4. The lowest BCUT2D eigenvalue weighted by atomic mass is 10.1. The van der Waals surface area contributed by atoms with Crippen LogP contribution in [0.5, 0.6) is 0 Å². The van der Waals surface area contributed by atoms with Crippen molar-refractivity contribution in [2.75, 3.05) is 0 Å². The zero-order valence-electron chi connectivity index (χ0n) is 9.84. The van der Waals surface area contributed by atoms with E-state index in [1.165, 1.54) is 0 Å². The maximum absolute atomic E-state index is 11.9. The van der Waals surface area contributed by atoms with Crippen LogP contribution in [0.25, 0.3) is 6.08 Å². The van der Waals surface area contributed by atoms with Crippen molar-refractivity contribution in [1.29, 1.82) is 0 Å². The first-order valence-electron chi connectivity index (χ1n) is 5.76. The largest absolute Gasteiger partial charge is 0.294 e. The van der Waals surface area contributed by atoms with Gasteiger partial charge in [0, 0.05) is 16.5 Å². The van der Waals surface area contributed by atoms with Crippen LogP contribution in [-0.2, 0) is 0 Å². The van der Waals surface area contributed by atoms with Gasteiger partial charge in [0.2, 0.25) is 0 Å². The highest BCUT2D eigenvalue weighted by Gasteiger charge is 2.02. The lowest BCUT2D eigenvalue weighted by Gasteiger charge is -1.98. The van der Waals surface area contributed by atoms with Crippen molar-refractivity contribution in [3.63, 3.8) is 0 Å². The van der Waals surface area contributed by atoms with Gasteiger partial charge in [-0.25, -0.2) is 0 Å². The summed E-state index contributed by atoms with van der Waals surface area (Å²) in [5.41, 5.74) is 1.86. The van der Waals surface area contributed by atoms with Gasteiger partial charge in [0.25, 0.3) is 0 Å². The third kappa shape index (κ3) is 3.67. The van der Waals surface area contributed by atoms with Crippen LogP contribution in [0.1, 0.15) is 22.3 Å². The fourth-order valence-electron chi connectivity index (χ4n) is 1.62. The lowest BCUT2D eigenvalue weighted by molar-refractivity contribution is 0.0996. The van der Waals surface area contributed by atoms with E-state index in [0.717, 1.165) is 15.6 Å². The zero-order chi connectivity index (χ0) is 12.8. The van der Waals surface area contributed by atoms with Gasteiger partial charge in [-0.15, -0.1) is 0 Å². The van der Waals surface area contributed by atoms with E-state index < -0.39 is 0 Å². The minimum Gasteiger partial charge on any atom is -0.294 e. The number of carbonyl (C=O) groups is 1. The van der Waals surface area contributed by atoms with E-state index in [1.807, 2.05) is 66.7 Å². The highest BCUT2D eigenvalue weighted by atomic mass is 79.9. The van der Waals surface area contributed by atoms with Crippen LogP contribution in [0.15, 0.2) is 65.1 Å². The average molecular weight is 301 g/mol. The molecule has 2 aromatic rings. The second-order valence-electron chi connectivity index (χ2n) is 3.95. The van der Waals surface area contributed by atoms with E-state index >= 15 is 0 Å². The van der Waals surface area contributed by atoms with E-state index in [1.54, 1.807) is 0 Å². The molecule has 0 aliphatic rings. The van der Waals surface area contributed by atoms with Crippen LogP contribution < -0.4 is 0 Å². The van der Waals surface area contributed by atoms with E-state index in [2.05, 4.69) is 15.9 Å². The summed E-state index contributed by atoms with van der Waals surface area (Å²) in [6.07, 6.45) is 4.30. The van der Waals surface area contributed by atoms with E-state index in [4.69, 9.17) is 0 Å². The fraction of sp³-hybridized carbons (Fsp3) is 0.0625. The topological polar surface area (TPSA) is 17.1 Å². The number of hydrogen-bond acceptors (Lipinski definition) is 1. The summed E-state index contributed by atoms with van der Waals surface area (Å²) in [7, 11) is 0. The molecule has 0 bridgehead atoms. The number of Topliss-reactive ketones (excluding diaryl/α,β-unsaturated/α-hetero) is 1. The molecule has 0 saturated heterocycles. The molecule has 0 saturated carbocycles. The summed E-state index contributed by atoms with van der Waals surface area (Å²) >= 11 is 3.35. The molecule has 1 nitrogen and oxygen atoms in total. The van der Waals surface area contributed by atoms with E-state index in [0.29, 0.717) is 6.42 Å². The Bertz CT molecular complexity index is 541. The van der Waals surface area contributed by atoms with Crippen LogP contribution in [0.2, 0.25) is 0 Å². The number of ketones is 1. The van der Waals surface area contributed by atoms with E-state index in [-0.39, 0.29) is 5.78 Å². The lowest BCUT2D eigenvalue weighted by Crippen LogP contribution is -1.96. The molecule has 0 amide bonds. The van der Waals surface area contributed by atoms with Gasteiger partial charge in [-0.1, -0.05) is 70.5 Å². The molecule has 0 radical (unpaired) electrons. The molecular formula is C16H13BrO. The SMILES string of the molecule is O=C(C/C=C/c1ccccc1)c1ccc(Br)cc1. The Morgan fingerprint density at radius 2 is 1.67 bits per heavy atom. The van der Waals surface area contributed by atoms with Gasteiger partial charge in [-0.2, -0.15) is 0 Å². The molecule has 0 aliphatic carbocycles. The summed E-state index contributed by atoms with van der Waals surface area (Å²) in [6, 6.07) is 17.4. The molecule has 0 atom stereocenters. The third-order valence-corrected chi connectivity index (χ3v) is 3.11. The van der Waals surface area contributed by atoms with Crippen molar-refractivity contribution in [3.8, 4) is 0 Å². The van der Waals surface area contributed by atoms with Gasteiger partial charge >= 0.3 is 0 Å². The monoisotopic (exact) mass is 300 g/mol. The minimum atomic E-state index is 0.134. The molecule has 2 rings (SSSR count). The first-order valence-corrected chi connectivity index (χ1v) is 6.55. The predicted octanol–water partition coefficient (Wildman–Crippen LogP) is 4.74. The quantitative estimate of drug-likeness (QED) is 0.746. The fourth-order valence-corrected chi connectivity index (χ4v) is 1.88. The summed E-state index contributed by atoms with van der Waals surface area (Å²) in [5.74, 6) is 0.134. The van der Waals surface area contributed by atoms with Crippen LogP contribution >= 0.6 is 15.9 Å². The van der Waals surface area contributed by atoms with Crippen LogP contribution in [0.4, 0.5) is 0 Å². The Morgan fingerprint density at radius 3 is 2.33 bits per heavy atom. The first-order chi connectivity index (χ1) is 8.75. The smallest absolute Gasteiger partial charge is 0.166 e.